The number of halogens is 2. The third kappa shape index (κ3) is 4.43. The lowest BCUT2D eigenvalue weighted by molar-refractivity contribution is 0.110. The Bertz CT molecular complexity index is 1490. The van der Waals surface area contributed by atoms with Crippen LogP contribution >= 0.6 is 15.9 Å². The number of aromatic nitrogens is 3. The van der Waals surface area contributed by atoms with Gasteiger partial charge < -0.3 is 4.42 Å². The van der Waals surface area contributed by atoms with Gasteiger partial charge in [-0.05, 0) is 48.0 Å². The molecule has 5 rings (SSSR count). The largest absolute Gasteiger partial charge is 0.461 e. The zero-order valence-electron chi connectivity index (χ0n) is 17.6. The van der Waals surface area contributed by atoms with Crippen molar-refractivity contribution in [2.45, 2.75) is 6.61 Å². The van der Waals surface area contributed by atoms with Gasteiger partial charge in [0, 0.05) is 15.4 Å². The molecular formula is C25H16BrFN4O3. The molecule has 0 fully saturated rings. The summed E-state index contributed by atoms with van der Waals surface area (Å²) < 4.78 is 19.8. The quantitative estimate of drug-likeness (QED) is 0.185. The van der Waals surface area contributed by atoms with Gasteiger partial charge in [-0.3, -0.25) is 14.6 Å². The first kappa shape index (κ1) is 21.9. The van der Waals surface area contributed by atoms with E-state index in [4.69, 9.17) is 9.25 Å². The maximum atomic E-state index is 13.7. The fourth-order valence-electron chi connectivity index (χ4n) is 3.50. The predicted molar refractivity (Wildman–Crippen MR) is 128 cm³/mol. The summed E-state index contributed by atoms with van der Waals surface area (Å²) in [4.78, 5) is 30.8. The molecule has 34 heavy (non-hydrogen) atoms. The van der Waals surface area contributed by atoms with Gasteiger partial charge in [0.05, 0.1) is 29.4 Å². The number of benzene rings is 2. The SMILES string of the molecule is O=Cc1occc1-c1cc2c(N(OCc3cccc(F)c3)c3cccc(Br)c3)ncnc2cn1. The molecule has 0 radical (unpaired) electrons. The van der Waals surface area contributed by atoms with Crippen LogP contribution in [0, 0.1) is 5.82 Å². The van der Waals surface area contributed by atoms with Crippen LogP contribution in [0.15, 0.2) is 88.3 Å². The minimum atomic E-state index is -0.343. The summed E-state index contributed by atoms with van der Waals surface area (Å²) >= 11 is 3.49. The minimum Gasteiger partial charge on any atom is -0.461 e. The van der Waals surface area contributed by atoms with Crippen LogP contribution in [0.1, 0.15) is 16.1 Å². The Morgan fingerprint density at radius 3 is 2.76 bits per heavy atom. The fourth-order valence-corrected chi connectivity index (χ4v) is 3.89. The zero-order chi connectivity index (χ0) is 23.5. The van der Waals surface area contributed by atoms with Crippen molar-refractivity contribution in [1.82, 2.24) is 15.0 Å². The van der Waals surface area contributed by atoms with Gasteiger partial charge in [-0.15, -0.1) is 0 Å². The third-order valence-corrected chi connectivity index (χ3v) is 5.56. The van der Waals surface area contributed by atoms with Crippen molar-refractivity contribution in [1.29, 1.82) is 0 Å². The van der Waals surface area contributed by atoms with Gasteiger partial charge in [-0.1, -0.05) is 34.1 Å². The number of hydrogen-bond donors (Lipinski definition) is 0. The molecule has 2 aromatic carbocycles. The third-order valence-electron chi connectivity index (χ3n) is 5.06. The average Bonchev–Trinajstić information content (AvgIpc) is 3.33. The van der Waals surface area contributed by atoms with Gasteiger partial charge in [0.15, 0.2) is 17.9 Å². The normalized spacial score (nSPS) is 11.0. The van der Waals surface area contributed by atoms with E-state index in [0.717, 1.165) is 4.47 Å². The van der Waals surface area contributed by atoms with Crippen LogP contribution in [0.25, 0.3) is 22.2 Å². The topological polar surface area (TPSA) is 81.4 Å². The molecule has 0 atom stereocenters. The van der Waals surface area contributed by atoms with Gasteiger partial charge in [-0.2, -0.15) is 0 Å². The standard InChI is InChI=1S/C25H16BrFN4O3/c26-17-4-2-6-19(10-17)31(34-14-16-3-1-5-18(27)9-16)25-21-11-22(20-7-8-33-24(20)13-32)28-12-23(21)29-15-30-25/h1-13,15H,14H2. The molecule has 5 aromatic rings. The molecule has 3 aromatic heterocycles. The van der Waals surface area contributed by atoms with E-state index in [1.807, 2.05) is 24.3 Å². The molecule has 0 saturated heterocycles. The Morgan fingerprint density at radius 1 is 1.06 bits per heavy atom. The highest BCUT2D eigenvalue weighted by Crippen LogP contribution is 2.34. The summed E-state index contributed by atoms with van der Waals surface area (Å²) in [5, 5.41) is 2.21. The van der Waals surface area contributed by atoms with Gasteiger partial charge in [0.2, 0.25) is 0 Å². The second-order valence-corrected chi connectivity index (χ2v) is 8.19. The zero-order valence-corrected chi connectivity index (χ0v) is 19.1. The van der Waals surface area contributed by atoms with E-state index in [9.17, 15) is 9.18 Å². The Morgan fingerprint density at radius 2 is 1.94 bits per heavy atom. The number of hydrogen-bond acceptors (Lipinski definition) is 7. The molecule has 0 amide bonds. The number of carbonyl (C=O) groups is 1. The summed E-state index contributed by atoms with van der Waals surface area (Å²) in [5.41, 5.74) is 3.02. The number of carbonyl (C=O) groups excluding carboxylic acids is 1. The molecular weight excluding hydrogens is 503 g/mol. The Hall–Kier alpha value is -3.95. The maximum absolute atomic E-state index is 13.7. The number of anilines is 2. The van der Waals surface area contributed by atoms with Crippen molar-refractivity contribution in [2.24, 2.45) is 0 Å². The number of fused-ring (bicyclic) bond motifs is 1. The molecule has 0 N–H and O–H groups in total. The highest BCUT2D eigenvalue weighted by molar-refractivity contribution is 9.10. The van der Waals surface area contributed by atoms with Crippen LogP contribution in [0.3, 0.4) is 0 Å². The van der Waals surface area contributed by atoms with Crippen molar-refractivity contribution in [3.05, 3.63) is 101 Å². The Balaban J connectivity index is 1.62. The molecule has 0 saturated carbocycles. The van der Waals surface area contributed by atoms with E-state index in [2.05, 4.69) is 30.9 Å². The summed E-state index contributed by atoms with van der Waals surface area (Å²) in [6.45, 7) is 0.102. The van der Waals surface area contributed by atoms with E-state index in [-0.39, 0.29) is 18.2 Å². The van der Waals surface area contributed by atoms with Crippen molar-refractivity contribution in [2.75, 3.05) is 5.06 Å². The van der Waals surface area contributed by atoms with Gasteiger partial charge in [0.1, 0.15) is 18.8 Å². The first-order chi connectivity index (χ1) is 16.6. The monoisotopic (exact) mass is 518 g/mol. The molecule has 0 spiro atoms. The Kier molecular flexibility index (Phi) is 6.11. The Labute approximate surface area is 201 Å². The van der Waals surface area contributed by atoms with Crippen molar-refractivity contribution >= 4 is 44.6 Å². The molecule has 0 unspecified atom stereocenters. The summed E-state index contributed by atoms with van der Waals surface area (Å²) in [7, 11) is 0. The van der Waals surface area contributed by atoms with Crippen LogP contribution in [0.4, 0.5) is 15.9 Å². The molecule has 9 heteroatoms. The molecule has 168 valence electrons. The highest BCUT2D eigenvalue weighted by atomic mass is 79.9. The number of furan rings is 1. The number of pyridine rings is 1. The number of rotatable bonds is 7. The fraction of sp³-hybridized carbons (Fsp3) is 0.0400. The summed E-state index contributed by atoms with van der Waals surface area (Å²) in [5.74, 6) is 0.292. The molecule has 0 bridgehead atoms. The minimum absolute atomic E-state index is 0.102. The lowest BCUT2D eigenvalue weighted by atomic mass is 10.1. The van der Waals surface area contributed by atoms with Crippen LogP contribution in [-0.4, -0.2) is 21.2 Å². The van der Waals surface area contributed by atoms with Crippen LogP contribution in [0.2, 0.25) is 0 Å². The van der Waals surface area contributed by atoms with E-state index < -0.39 is 0 Å². The number of nitrogens with zero attached hydrogens (tertiary/aromatic N) is 4. The van der Waals surface area contributed by atoms with Gasteiger partial charge >= 0.3 is 0 Å². The summed E-state index contributed by atoms with van der Waals surface area (Å²) in [6.07, 6.45) is 5.09. The van der Waals surface area contributed by atoms with Crippen LogP contribution < -0.4 is 5.06 Å². The van der Waals surface area contributed by atoms with Crippen LogP contribution in [-0.2, 0) is 11.4 Å². The lowest BCUT2D eigenvalue weighted by Gasteiger charge is -2.24. The maximum Gasteiger partial charge on any atom is 0.186 e. The van der Waals surface area contributed by atoms with E-state index in [1.54, 1.807) is 35.5 Å². The van der Waals surface area contributed by atoms with Gasteiger partial charge in [-0.25, -0.2) is 19.4 Å². The first-order valence-corrected chi connectivity index (χ1v) is 11.0. The smallest absolute Gasteiger partial charge is 0.186 e. The predicted octanol–water partition coefficient (Wildman–Crippen LogP) is 6.27. The molecule has 0 aliphatic rings. The van der Waals surface area contributed by atoms with E-state index >= 15 is 0 Å². The van der Waals surface area contributed by atoms with Crippen LogP contribution in [0.5, 0.6) is 0 Å². The van der Waals surface area contributed by atoms with Crippen molar-refractivity contribution in [3.8, 4) is 11.3 Å². The first-order valence-electron chi connectivity index (χ1n) is 10.2. The molecule has 0 aliphatic carbocycles. The number of aldehydes is 1. The van der Waals surface area contributed by atoms with E-state index in [0.29, 0.717) is 45.5 Å². The molecule has 7 nitrogen and oxygen atoms in total. The highest BCUT2D eigenvalue weighted by Gasteiger charge is 2.19. The summed E-state index contributed by atoms with van der Waals surface area (Å²) in [6, 6.07) is 17.2. The molecule has 3 heterocycles. The van der Waals surface area contributed by atoms with Crippen molar-refractivity contribution < 1.29 is 18.4 Å². The lowest BCUT2D eigenvalue weighted by Crippen LogP contribution is -2.19. The van der Waals surface area contributed by atoms with E-state index in [1.165, 1.54) is 24.7 Å². The second-order valence-electron chi connectivity index (χ2n) is 7.28. The second kappa shape index (κ2) is 9.50. The molecule has 0 aliphatic heterocycles. The average molecular weight is 519 g/mol. The van der Waals surface area contributed by atoms with Gasteiger partial charge in [0.25, 0.3) is 0 Å². The van der Waals surface area contributed by atoms with Crippen molar-refractivity contribution in [3.63, 3.8) is 0 Å².